The average Bonchev–Trinajstić information content (AvgIpc) is 3.01. The fourth-order valence-corrected chi connectivity index (χ4v) is 3.61. The van der Waals surface area contributed by atoms with Crippen LogP contribution in [0.5, 0.6) is 0 Å². The van der Waals surface area contributed by atoms with E-state index in [0.29, 0.717) is 13.0 Å². The van der Waals surface area contributed by atoms with E-state index in [0.717, 1.165) is 29.7 Å². The first-order valence-electron chi connectivity index (χ1n) is 7.26. The molecule has 0 bridgehead atoms. The lowest BCUT2D eigenvalue weighted by molar-refractivity contribution is -0.129. The lowest BCUT2D eigenvalue weighted by Crippen LogP contribution is -2.33. The molecule has 1 aromatic carbocycles. The Hall–Kier alpha value is -1.44. The summed E-state index contributed by atoms with van der Waals surface area (Å²) >= 11 is 1.77. The lowest BCUT2D eigenvalue weighted by atomic mass is 10.1. The molecule has 1 unspecified atom stereocenters. The molecule has 1 N–H and O–H groups in total. The highest BCUT2D eigenvalue weighted by molar-refractivity contribution is 8.00. The van der Waals surface area contributed by atoms with E-state index in [-0.39, 0.29) is 17.8 Å². The van der Waals surface area contributed by atoms with Crippen molar-refractivity contribution in [3.05, 3.63) is 35.4 Å². The quantitative estimate of drug-likeness (QED) is 0.868. The van der Waals surface area contributed by atoms with E-state index in [1.165, 1.54) is 0 Å². The molecule has 3 nitrogen and oxygen atoms in total. The summed E-state index contributed by atoms with van der Waals surface area (Å²) in [4.78, 5) is 14.1. The minimum absolute atomic E-state index is 0.0863. The zero-order valence-corrected chi connectivity index (χ0v) is 13.2. The average molecular weight is 303 g/mol. The van der Waals surface area contributed by atoms with Crippen molar-refractivity contribution in [1.82, 2.24) is 4.90 Å². The van der Waals surface area contributed by atoms with Crippen LogP contribution in [0.15, 0.2) is 24.3 Å². The second kappa shape index (κ2) is 8.11. The summed E-state index contributed by atoms with van der Waals surface area (Å²) < 4.78 is 0. The van der Waals surface area contributed by atoms with Crippen molar-refractivity contribution in [2.24, 2.45) is 0 Å². The van der Waals surface area contributed by atoms with Crippen LogP contribution in [0.2, 0.25) is 0 Å². The molecule has 1 aliphatic rings. The SMILES string of the molecule is CN(Cc1cccc(C#CCCO)c1)C(=O)C1CCCS1. The zero-order chi connectivity index (χ0) is 15.1. The van der Waals surface area contributed by atoms with Gasteiger partial charge in [-0.3, -0.25) is 4.79 Å². The summed E-state index contributed by atoms with van der Waals surface area (Å²) in [6.45, 7) is 0.703. The molecule has 1 fully saturated rings. The first kappa shape index (κ1) is 15.9. The van der Waals surface area contributed by atoms with Crippen molar-refractivity contribution >= 4 is 17.7 Å². The molecule has 0 aromatic heterocycles. The third kappa shape index (κ3) is 4.80. The van der Waals surface area contributed by atoms with Crippen LogP contribution >= 0.6 is 11.8 Å². The number of benzene rings is 1. The van der Waals surface area contributed by atoms with E-state index >= 15 is 0 Å². The summed E-state index contributed by atoms with van der Waals surface area (Å²) in [5, 5.41) is 8.88. The largest absolute Gasteiger partial charge is 0.395 e. The predicted molar refractivity (Wildman–Crippen MR) is 87.0 cm³/mol. The van der Waals surface area contributed by atoms with E-state index in [4.69, 9.17) is 5.11 Å². The summed E-state index contributed by atoms with van der Waals surface area (Å²) in [7, 11) is 1.87. The van der Waals surface area contributed by atoms with Gasteiger partial charge >= 0.3 is 0 Å². The van der Waals surface area contributed by atoms with Gasteiger partial charge in [0.25, 0.3) is 0 Å². The third-order valence-corrected chi connectivity index (χ3v) is 4.76. The highest BCUT2D eigenvalue weighted by Gasteiger charge is 2.25. The van der Waals surface area contributed by atoms with Gasteiger partial charge in [-0.2, -0.15) is 0 Å². The zero-order valence-electron chi connectivity index (χ0n) is 12.3. The normalized spacial score (nSPS) is 17.1. The molecule has 4 heteroatoms. The Balaban J connectivity index is 1.97. The number of hydrogen-bond acceptors (Lipinski definition) is 3. The number of carbonyl (C=O) groups excluding carboxylic acids is 1. The Kier molecular flexibility index (Phi) is 6.16. The van der Waals surface area contributed by atoms with Crippen LogP contribution in [0.25, 0.3) is 0 Å². The minimum atomic E-state index is 0.0863. The van der Waals surface area contributed by atoms with Crippen LogP contribution in [0.3, 0.4) is 0 Å². The van der Waals surface area contributed by atoms with Crippen LogP contribution in [0.4, 0.5) is 0 Å². The van der Waals surface area contributed by atoms with Crippen LogP contribution in [0.1, 0.15) is 30.4 Å². The number of carbonyl (C=O) groups is 1. The molecule has 1 atom stereocenters. The standard InChI is InChI=1S/C17H21NO2S/c1-18(17(20)16-9-5-11-21-16)13-15-8-4-7-14(12-15)6-2-3-10-19/h4,7-8,12,16,19H,3,5,9-11,13H2,1H3. The highest BCUT2D eigenvalue weighted by Crippen LogP contribution is 2.27. The van der Waals surface area contributed by atoms with Crippen molar-refractivity contribution < 1.29 is 9.90 Å². The molecule has 0 saturated carbocycles. The van der Waals surface area contributed by atoms with E-state index in [9.17, 15) is 4.79 Å². The Morgan fingerprint density at radius 1 is 1.52 bits per heavy atom. The van der Waals surface area contributed by atoms with E-state index in [1.54, 1.807) is 11.8 Å². The third-order valence-electron chi connectivity index (χ3n) is 3.40. The molecule has 1 heterocycles. The Bertz CT molecular complexity index is 541. The molecule has 21 heavy (non-hydrogen) atoms. The fraction of sp³-hybridized carbons (Fsp3) is 0.471. The van der Waals surface area contributed by atoms with Crippen molar-refractivity contribution in [2.75, 3.05) is 19.4 Å². The number of nitrogens with zero attached hydrogens (tertiary/aromatic N) is 1. The van der Waals surface area contributed by atoms with Crippen molar-refractivity contribution in [3.8, 4) is 11.8 Å². The Morgan fingerprint density at radius 2 is 2.38 bits per heavy atom. The molecule has 1 aromatic rings. The van der Waals surface area contributed by atoms with Gasteiger partial charge in [0.2, 0.25) is 5.91 Å². The van der Waals surface area contributed by atoms with Gasteiger partial charge in [0.15, 0.2) is 0 Å². The number of rotatable bonds is 4. The second-order valence-corrected chi connectivity index (χ2v) is 6.48. The molecule has 0 aliphatic carbocycles. The predicted octanol–water partition coefficient (Wildman–Crippen LogP) is 2.27. The van der Waals surface area contributed by atoms with E-state index in [2.05, 4.69) is 11.8 Å². The molecule has 0 radical (unpaired) electrons. The molecule has 2 rings (SSSR count). The Morgan fingerprint density at radius 3 is 3.10 bits per heavy atom. The fourth-order valence-electron chi connectivity index (χ4n) is 2.34. The highest BCUT2D eigenvalue weighted by atomic mass is 32.2. The van der Waals surface area contributed by atoms with Crippen LogP contribution < -0.4 is 0 Å². The van der Waals surface area contributed by atoms with Gasteiger partial charge < -0.3 is 10.0 Å². The molecule has 0 spiro atoms. The first-order valence-corrected chi connectivity index (χ1v) is 8.31. The van der Waals surface area contributed by atoms with Crippen molar-refractivity contribution in [1.29, 1.82) is 0 Å². The van der Waals surface area contributed by atoms with Gasteiger partial charge in [0.05, 0.1) is 11.9 Å². The number of aliphatic hydroxyl groups excluding tert-OH is 1. The van der Waals surface area contributed by atoms with Gasteiger partial charge in [-0.15, -0.1) is 11.8 Å². The van der Waals surface area contributed by atoms with Crippen LogP contribution in [-0.4, -0.2) is 40.6 Å². The molecule has 1 saturated heterocycles. The van der Waals surface area contributed by atoms with Gasteiger partial charge in [-0.1, -0.05) is 24.0 Å². The monoisotopic (exact) mass is 303 g/mol. The molecule has 112 valence electrons. The molecular weight excluding hydrogens is 282 g/mol. The topological polar surface area (TPSA) is 40.5 Å². The summed E-state index contributed by atoms with van der Waals surface area (Å²) in [5.41, 5.74) is 2.02. The van der Waals surface area contributed by atoms with Gasteiger partial charge in [0, 0.05) is 25.6 Å². The van der Waals surface area contributed by atoms with Crippen LogP contribution in [-0.2, 0) is 11.3 Å². The molecule has 1 amide bonds. The van der Waals surface area contributed by atoms with Crippen LogP contribution in [0, 0.1) is 11.8 Å². The number of hydrogen-bond donors (Lipinski definition) is 1. The second-order valence-electron chi connectivity index (χ2n) is 5.17. The maximum Gasteiger partial charge on any atom is 0.235 e. The lowest BCUT2D eigenvalue weighted by Gasteiger charge is -2.20. The smallest absolute Gasteiger partial charge is 0.235 e. The van der Waals surface area contributed by atoms with Gasteiger partial charge in [-0.25, -0.2) is 0 Å². The van der Waals surface area contributed by atoms with Crippen molar-refractivity contribution in [2.45, 2.75) is 31.1 Å². The summed E-state index contributed by atoms with van der Waals surface area (Å²) in [5.74, 6) is 7.27. The summed E-state index contributed by atoms with van der Waals surface area (Å²) in [6, 6.07) is 7.93. The Labute approximate surface area is 130 Å². The van der Waals surface area contributed by atoms with E-state index in [1.807, 2.05) is 36.2 Å². The maximum absolute atomic E-state index is 12.3. The number of aliphatic hydroxyl groups is 1. The number of amides is 1. The molecule has 1 aliphatic heterocycles. The van der Waals surface area contributed by atoms with Gasteiger partial charge in [0.1, 0.15) is 0 Å². The first-order chi connectivity index (χ1) is 10.2. The minimum Gasteiger partial charge on any atom is -0.395 e. The molecular formula is C17H21NO2S. The summed E-state index contributed by atoms with van der Waals surface area (Å²) in [6.07, 6.45) is 2.63. The van der Waals surface area contributed by atoms with Gasteiger partial charge in [-0.05, 0) is 36.3 Å². The maximum atomic E-state index is 12.3. The van der Waals surface area contributed by atoms with Crippen molar-refractivity contribution in [3.63, 3.8) is 0 Å². The van der Waals surface area contributed by atoms with E-state index < -0.39 is 0 Å². The number of thioether (sulfide) groups is 1.